The lowest BCUT2D eigenvalue weighted by molar-refractivity contribution is 0.174. The molecule has 1 unspecified atom stereocenters. The Morgan fingerprint density at radius 1 is 1.32 bits per heavy atom. The van der Waals surface area contributed by atoms with Crippen molar-refractivity contribution in [3.8, 4) is 23.3 Å². The molecule has 19 heavy (non-hydrogen) atoms. The van der Waals surface area contributed by atoms with E-state index in [1.54, 1.807) is 6.92 Å². The van der Waals surface area contributed by atoms with Crippen molar-refractivity contribution >= 4 is 11.3 Å². The summed E-state index contributed by atoms with van der Waals surface area (Å²) in [5.74, 6) is 7.45. The number of thiazole rings is 1. The van der Waals surface area contributed by atoms with Crippen LogP contribution in [0.4, 0.5) is 0 Å². The number of aromatic nitrogens is 1. The number of ether oxygens (including phenoxy) is 2. The normalized spacial score (nSPS) is 13.8. The fourth-order valence-electron chi connectivity index (χ4n) is 1.65. The minimum atomic E-state index is -0.550. The van der Waals surface area contributed by atoms with Crippen molar-refractivity contribution in [3.63, 3.8) is 0 Å². The first kappa shape index (κ1) is 12.0. The van der Waals surface area contributed by atoms with Crippen LogP contribution in [0.15, 0.2) is 23.6 Å². The Hall–Kier alpha value is -2.03. The van der Waals surface area contributed by atoms with Crippen LogP contribution in [0.3, 0.4) is 0 Å². The van der Waals surface area contributed by atoms with Gasteiger partial charge in [-0.15, -0.1) is 11.3 Å². The van der Waals surface area contributed by atoms with Crippen LogP contribution in [-0.4, -0.2) is 16.9 Å². The molecule has 0 radical (unpaired) electrons. The van der Waals surface area contributed by atoms with Crippen molar-refractivity contribution in [3.05, 3.63) is 39.8 Å². The zero-order valence-corrected chi connectivity index (χ0v) is 11.0. The SMILES string of the molecule is CC(O)c1nc(C#Cc2ccc3c(c2)OCO3)cs1. The van der Waals surface area contributed by atoms with Gasteiger partial charge in [0.1, 0.15) is 16.8 Å². The van der Waals surface area contributed by atoms with Crippen molar-refractivity contribution in [1.29, 1.82) is 0 Å². The van der Waals surface area contributed by atoms with Crippen molar-refractivity contribution in [2.75, 3.05) is 6.79 Å². The van der Waals surface area contributed by atoms with Gasteiger partial charge >= 0.3 is 0 Å². The molecule has 1 aliphatic heterocycles. The summed E-state index contributed by atoms with van der Waals surface area (Å²) in [4.78, 5) is 4.24. The summed E-state index contributed by atoms with van der Waals surface area (Å²) in [7, 11) is 0. The quantitative estimate of drug-likeness (QED) is 0.810. The van der Waals surface area contributed by atoms with Crippen LogP contribution in [-0.2, 0) is 0 Å². The number of nitrogens with zero attached hydrogens (tertiary/aromatic N) is 1. The second kappa shape index (κ2) is 4.92. The third-order valence-electron chi connectivity index (χ3n) is 2.59. The van der Waals surface area contributed by atoms with Crippen molar-refractivity contribution in [2.45, 2.75) is 13.0 Å². The van der Waals surface area contributed by atoms with Gasteiger partial charge in [-0.2, -0.15) is 0 Å². The van der Waals surface area contributed by atoms with Gasteiger partial charge in [-0.3, -0.25) is 0 Å². The van der Waals surface area contributed by atoms with E-state index in [0.717, 1.165) is 17.1 Å². The fourth-order valence-corrected chi connectivity index (χ4v) is 2.34. The summed E-state index contributed by atoms with van der Waals surface area (Å²) >= 11 is 1.40. The van der Waals surface area contributed by atoms with Gasteiger partial charge in [0.2, 0.25) is 6.79 Å². The van der Waals surface area contributed by atoms with E-state index in [9.17, 15) is 5.11 Å². The Balaban J connectivity index is 1.83. The number of fused-ring (bicyclic) bond motifs is 1. The molecule has 1 N–H and O–H groups in total. The van der Waals surface area contributed by atoms with Gasteiger partial charge in [0.05, 0.1) is 0 Å². The van der Waals surface area contributed by atoms with Gasteiger partial charge in [-0.25, -0.2) is 4.98 Å². The number of benzene rings is 1. The molecule has 0 spiro atoms. The molecule has 0 bridgehead atoms. The predicted octanol–water partition coefficient (Wildman–Crippen LogP) is 2.32. The number of aliphatic hydroxyl groups excluding tert-OH is 1. The molecule has 3 rings (SSSR count). The Bertz CT molecular complexity index is 667. The summed E-state index contributed by atoms with van der Waals surface area (Å²) in [6.45, 7) is 1.95. The summed E-state index contributed by atoms with van der Waals surface area (Å²) < 4.78 is 10.5. The molecule has 96 valence electrons. The first-order valence-corrected chi connectivity index (χ1v) is 6.65. The number of hydrogen-bond acceptors (Lipinski definition) is 5. The molecule has 5 heteroatoms. The van der Waals surface area contributed by atoms with Gasteiger partial charge in [0, 0.05) is 10.9 Å². The van der Waals surface area contributed by atoms with Crippen LogP contribution in [0.2, 0.25) is 0 Å². The molecule has 2 aromatic rings. The summed E-state index contributed by atoms with van der Waals surface area (Å²) in [6.07, 6.45) is -0.550. The molecule has 1 aromatic heterocycles. The molecule has 1 aromatic carbocycles. The molecular formula is C14H11NO3S. The van der Waals surface area contributed by atoms with E-state index in [4.69, 9.17) is 9.47 Å². The number of aliphatic hydroxyl groups is 1. The van der Waals surface area contributed by atoms with Gasteiger partial charge in [0.25, 0.3) is 0 Å². The fraction of sp³-hybridized carbons (Fsp3) is 0.214. The van der Waals surface area contributed by atoms with Crippen molar-refractivity contribution < 1.29 is 14.6 Å². The van der Waals surface area contributed by atoms with E-state index in [-0.39, 0.29) is 6.79 Å². The minimum Gasteiger partial charge on any atom is -0.454 e. The lowest BCUT2D eigenvalue weighted by atomic mass is 10.2. The Morgan fingerprint density at radius 3 is 2.95 bits per heavy atom. The van der Waals surface area contributed by atoms with Crippen LogP contribution in [0.5, 0.6) is 11.5 Å². The van der Waals surface area contributed by atoms with Gasteiger partial charge < -0.3 is 14.6 Å². The Kier molecular flexibility index (Phi) is 3.11. The number of rotatable bonds is 1. The van der Waals surface area contributed by atoms with E-state index in [1.165, 1.54) is 11.3 Å². The molecule has 0 aliphatic carbocycles. The third kappa shape index (κ3) is 2.55. The Morgan fingerprint density at radius 2 is 2.16 bits per heavy atom. The molecule has 0 fully saturated rings. The second-order valence-corrected chi connectivity index (χ2v) is 4.95. The molecule has 1 aliphatic rings. The first-order valence-electron chi connectivity index (χ1n) is 5.77. The van der Waals surface area contributed by atoms with Gasteiger partial charge in [0.15, 0.2) is 11.5 Å². The second-order valence-electron chi connectivity index (χ2n) is 4.06. The molecule has 2 heterocycles. The predicted molar refractivity (Wildman–Crippen MR) is 71.3 cm³/mol. The van der Waals surface area contributed by atoms with Crippen LogP contribution in [0, 0.1) is 11.8 Å². The summed E-state index contributed by atoms with van der Waals surface area (Å²) in [5.41, 5.74) is 1.51. The average molecular weight is 273 g/mol. The maximum Gasteiger partial charge on any atom is 0.231 e. The van der Waals surface area contributed by atoms with Gasteiger partial charge in [-0.1, -0.05) is 5.92 Å². The molecule has 0 amide bonds. The lowest BCUT2D eigenvalue weighted by Crippen LogP contribution is -1.92. The number of hydrogen-bond donors (Lipinski definition) is 1. The van der Waals surface area contributed by atoms with Crippen LogP contribution < -0.4 is 9.47 Å². The average Bonchev–Trinajstić information content (AvgIpc) is 3.04. The highest BCUT2D eigenvalue weighted by atomic mass is 32.1. The molecule has 4 nitrogen and oxygen atoms in total. The maximum absolute atomic E-state index is 9.40. The van der Waals surface area contributed by atoms with E-state index in [1.807, 2.05) is 23.6 Å². The molecule has 1 atom stereocenters. The third-order valence-corrected chi connectivity index (χ3v) is 3.60. The van der Waals surface area contributed by atoms with Gasteiger partial charge in [-0.05, 0) is 31.0 Å². The zero-order chi connectivity index (χ0) is 13.2. The molecule has 0 saturated carbocycles. The smallest absolute Gasteiger partial charge is 0.231 e. The first-order chi connectivity index (χ1) is 9.22. The summed E-state index contributed by atoms with van der Waals surface area (Å²) in [5, 5.41) is 11.9. The molecular weight excluding hydrogens is 262 g/mol. The van der Waals surface area contributed by atoms with E-state index in [2.05, 4.69) is 16.8 Å². The molecule has 0 saturated heterocycles. The topological polar surface area (TPSA) is 51.6 Å². The van der Waals surface area contributed by atoms with E-state index >= 15 is 0 Å². The maximum atomic E-state index is 9.40. The van der Waals surface area contributed by atoms with Crippen LogP contribution >= 0.6 is 11.3 Å². The monoisotopic (exact) mass is 273 g/mol. The van der Waals surface area contributed by atoms with Crippen LogP contribution in [0.1, 0.15) is 29.3 Å². The highest BCUT2D eigenvalue weighted by Gasteiger charge is 2.12. The van der Waals surface area contributed by atoms with Crippen molar-refractivity contribution in [2.24, 2.45) is 0 Å². The largest absolute Gasteiger partial charge is 0.454 e. The zero-order valence-electron chi connectivity index (χ0n) is 10.2. The standard InChI is InChI=1S/C14H11NO3S/c1-9(16)14-15-11(7-19-14)4-2-10-3-5-12-13(6-10)18-8-17-12/h3,5-7,9,16H,8H2,1H3. The lowest BCUT2D eigenvalue weighted by Gasteiger charge is -1.95. The Labute approximate surface area is 114 Å². The highest BCUT2D eigenvalue weighted by molar-refractivity contribution is 7.09. The minimum absolute atomic E-state index is 0.260. The highest BCUT2D eigenvalue weighted by Crippen LogP contribution is 2.32. The van der Waals surface area contributed by atoms with Crippen LogP contribution in [0.25, 0.3) is 0 Å². The summed E-state index contributed by atoms with van der Waals surface area (Å²) in [6, 6.07) is 5.56. The van der Waals surface area contributed by atoms with Crippen molar-refractivity contribution in [1.82, 2.24) is 4.98 Å². The van der Waals surface area contributed by atoms with E-state index in [0.29, 0.717) is 10.7 Å². The van der Waals surface area contributed by atoms with E-state index < -0.39 is 6.10 Å².